The number of nitrogens with two attached hydrogens (primary N) is 1. The van der Waals surface area contributed by atoms with E-state index in [9.17, 15) is 0 Å². The number of halogens is 1. The van der Waals surface area contributed by atoms with Crippen molar-refractivity contribution in [3.05, 3.63) is 24.1 Å². The molecule has 1 aromatic carbocycles. The molecule has 0 saturated carbocycles. The van der Waals surface area contributed by atoms with E-state index in [1.807, 2.05) is 18.2 Å². The van der Waals surface area contributed by atoms with Gasteiger partial charge in [-0.3, -0.25) is 0 Å². The van der Waals surface area contributed by atoms with Crippen LogP contribution in [0.5, 0.6) is 11.5 Å². The second-order valence-corrected chi connectivity index (χ2v) is 5.59. The van der Waals surface area contributed by atoms with Crippen molar-refractivity contribution >= 4 is 12.4 Å². The first-order chi connectivity index (χ1) is 11.2. The van der Waals surface area contributed by atoms with Gasteiger partial charge >= 0.3 is 0 Å². The molecule has 2 heterocycles. The molecule has 0 aliphatic carbocycles. The van der Waals surface area contributed by atoms with Crippen molar-refractivity contribution in [1.82, 2.24) is 10.1 Å². The first-order valence-corrected chi connectivity index (χ1v) is 7.57. The SMILES string of the molecule is COc1ccc(-c2noc(C3(CN)CCOCC3)n2)cc1OC.Cl. The second kappa shape index (κ2) is 7.83. The van der Waals surface area contributed by atoms with Crippen LogP contribution in [-0.4, -0.2) is 44.1 Å². The lowest BCUT2D eigenvalue weighted by Gasteiger charge is -2.32. The molecule has 1 aliphatic heterocycles. The van der Waals surface area contributed by atoms with Gasteiger partial charge in [-0.15, -0.1) is 12.4 Å². The molecule has 0 amide bonds. The van der Waals surface area contributed by atoms with E-state index >= 15 is 0 Å². The van der Waals surface area contributed by atoms with E-state index in [0.717, 1.165) is 18.4 Å². The van der Waals surface area contributed by atoms with E-state index in [2.05, 4.69) is 10.1 Å². The quantitative estimate of drug-likeness (QED) is 0.878. The van der Waals surface area contributed by atoms with Crippen LogP contribution in [0.25, 0.3) is 11.4 Å². The second-order valence-electron chi connectivity index (χ2n) is 5.59. The Kier molecular flexibility index (Phi) is 6.04. The van der Waals surface area contributed by atoms with Gasteiger partial charge in [0.1, 0.15) is 0 Å². The molecular formula is C16H22ClN3O4. The molecule has 0 unspecified atom stereocenters. The molecule has 24 heavy (non-hydrogen) atoms. The summed E-state index contributed by atoms with van der Waals surface area (Å²) in [7, 11) is 3.19. The third kappa shape index (κ3) is 3.33. The molecule has 0 radical (unpaired) electrons. The zero-order chi connectivity index (χ0) is 16.3. The number of rotatable bonds is 5. The first kappa shape index (κ1) is 18.5. The average molecular weight is 356 g/mol. The van der Waals surface area contributed by atoms with E-state index in [1.54, 1.807) is 14.2 Å². The van der Waals surface area contributed by atoms with Crippen molar-refractivity contribution in [3.63, 3.8) is 0 Å². The number of aromatic nitrogens is 2. The third-order valence-corrected chi connectivity index (χ3v) is 4.36. The largest absolute Gasteiger partial charge is 0.493 e. The van der Waals surface area contributed by atoms with E-state index in [-0.39, 0.29) is 17.8 Å². The maximum absolute atomic E-state index is 5.98. The fourth-order valence-electron chi connectivity index (χ4n) is 2.80. The monoisotopic (exact) mass is 355 g/mol. The minimum Gasteiger partial charge on any atom is -0.493 e. The lowest BCUT2D eigenvalue weighted by molar-refractivity contribution is 0.0409. The van der Waals surface area contributed by atoms with Gasteiger partial charge in [0.05, 0.1) is 19.6 Å². The molecule has 1 saturated heterocycles. The van der Waals surface area contributed by atoms with Crippen molar-refractivity contribution in [3.8, 4) is 22.9 Å². The summed E-state index contributed by atoms with van der Waals surface area (Å²) in [5.41, 5.74) is 6.49. The van der Waals surface area contributed by atoms with Gasteiger partial charge in [0, 0.05) is 25.3 Å². The normalized spacial score (nSPS) is 16.3. The smallest absolute Gasteiger partial charge is 0.234 e. The van der Waals surface area contributed by atoms with Crippen LogP contribution < -0.4 is 15.2 Å². The topological polar surface area (TPSA) is 92.6 Å². The Morgan fingerprint density at radius 1 is 1.17 bits per heavy atom. The van der Waals surface area contributed by atoms with Gasteiger partial charge in [0.15, 0.2) is 11.5 Å². The molecule has 0 bridgehead atoms. The van der Waals surface area contributed by atoms with E-state index in [4.69, 9.17) is 24.5 Å². The van der Waals surface area contributed by atoms with E-state index < -0.39 is 0 Å². The van der Waals surface area contributed by atoms with Crippen LogP contribution in [-0.2, 0) is 10.2 Å². The number of ether oxygens (including phenoxy) is 3. The average Bonchev–Trinajstić information content (AvgIpc) is 3.12. The molecule has 3 rings (SSSR count). The molecule has 7 nitrogen and oxygen atoms in total. The Bertz CT molecular complexity index is 671. The highest BCUT2D eigenvalue weighted by atomic mass is 35.5. The Morgan fingerprint density at radius 3 is 2.50 bits per heavy atom. The van der Waals surface area contributed by atoms with Crippen LogP contribution in [0.3, 0.4) is 0 Å². The molecular weight excluding hydrogens is 334 g/mol. The minimum absolute atomic E-state index is 0. The van der Waals surface area contributed by atoms with E-state index in [0.29, 0.717) is 43.0 Å². The highest BCUT2D eigenvalue weighted by Gasteiger charge is 2.38. The van der Waals surface area contributed by atoms with Gasteiger partial charge in [-0.25, -0.2) is 0 Å². The zero-order valence-electron chi connectivity index (χ0n) is 13.8. The lowest BCUT2D eigenvalue weighted by Crippen LogP contribution is -2.40. The fourth-order valence-corrected chi connectivity index (χ4v) is 2.80. The standard InChI is InChI=1S/C16H21N3O4.ClH/c1-20-12-4-3-11(9-13(12)21-2)14-18-15(23-19-14)16(10-17)5-7-22-8-6-16;/h3-4,9H,5-8,10,17H2,1-2H3;1H. The van der Waals surface area contributed by atoms with Gasteiger partial charge in [0.25, 0.3) is 0 Å². The van der Waals surface area contributed by atoms with Gasteiger partial charge in [-0.2, -0.15) is 4.98 Å². The molecule has 1 aliphatic rings. The first-order valence-electron chi connectivity index (χ1n) is 7.57. The van der Waals surface area contributed by atoms with Crippen molar-refractivity contribution < 1.29 is 18.7 Å². The van der Waals surface area contributed by atoms with E-state index in [1.165, 1.54) is 0 Å². The highest BCUT2D eigenvalue weighted by Crippen LogP contribution is 2.35. The maximum Gasteiger partial charge on any atom is 0.234 e. The molecule has 132 valence electrons. The van der Waals surface area contributed by atoms with Crippen LogP contribution in [0.4, 0.5) is 0 Å². The molecule has 8 heteroatoms. The minimum atomic E-state index is -0.292. The number of nitrogens with zero attached hydrogens (tertiary/aromatic N) is 2. The van der Waals surface area contributed by atoms with Crippen molar-refractivity contribution in [2.24, 2.45) is 5.73 Å². The molecule has 0 spiro atoms. The predicted molar refractivity (Wildman–Crippen MR) is 90.9 cm³/mol. The summed E-state index contributed by atoms with van der Waals surface area (Å²) in [6.45, 7) is 1.78. The number of hydrogen-bond donors (Lipinski definition) is 1. The number of benzene rings is 1. The highest BCUT2D eigenvalue weighted by molar-refractivity contribution is 5.85. The summed E-state index contributed by atoms with van der Waals surface area (Å²) in [5, 5.41) is 4.11. The molecule has 0 atom stereocenters. The summed E-state index contributed by atoms with van der Waals surface area (Å²) < 4.78 is 21.5. The Labute approximate surface area is 146 Å². The summed E-state index contributed by atoms with van der Waals surface area (Å²) in [4.78, 5) is 4.57. The maximum atomic E-state index is 5.98. The van der Waals surface area contributed by atoms with Gasteiger partial charge < -0.3 is 24.5 Å². The predicted octanol–water partition coefficient (Wildman–Crippen LogP) is 2.18. The summed E-state index contributed by atoms with van der Waals surface area (Å²) in [6.07, 6.45) is 1.58. The van der Waals surface area contributed by atoms with Crippen LogP contribution in [0, 0.1) is 0 Å². The van der Waals surface area contributed by atoms with Gasteiger partial charge in [-0.05, 0) is 31.0 Å². The third-order valence-electron chi connectivity index (χ3n) is 4.36. The van der Waals surface area contributed by atoms with Gasteiger partial charge in [0.2, 0.25) is 11.7 Å². The Balaban J connectivity index is 0.00000208. The number of hydrogen-bond acceptors (Lipinski definition) is 7. The molecule has 1 fully saturated rings. The van der Waals surface area contributed by atoms with Crippen LogP contribution in [0.15, 0.2) is 22.7 Å². The van der Waals surface area contributed by atoms with Crippen LogP contribution >= 0.6 is 12.4 Å². The summed E-state index contributed by atoms with van der Waals surface area (Å²) >= 11 is 0. The molecule has 2 N–H and O–H groups in total. The van der Waals surface area contributed by atoms with Crippen molar-refractivity contribution in [2.45, 2.75) is 18.3 Å². The summed E-state index contributed by atoms with van der Waals surface area (Å²) in [6, 6.07) is 5.51. The van der Waals surface area contributed by atoms with Crippen molar-refractivity contribution in [1.29, 1.82) is 0 Å². The molecule has 2 aromatic rings. The lowest BCUT2D eigenvalue weighted by atomic mass is 9.80. The van der Waals surface area contributed by atoms with Crippen LogP contribution in [0.1, 0.15) is 18.7 Å². The Morgan fingerprint density at radius 2 is 1.88 bits per heavy atom. The zero-order valence-corrected chi connectivity index (χ0v) is 14.6. The van der Waals surface area contributed by atoms with Crippen LogP contribution in [0.2, 0.25) is 0 Å². The molecule has 1 aromatic heterocycles. The Hall–Kier alpha value is -1.83. The number of methoxy groups -OCH3 is 2. The fraction of sp³-hybridized carbons (Fsp3) is 0.500. The summed E-state index contributed by atoms with van der Waals surface area (Å²) in [5.74, 6) is 2.37. The van der Waals surface area contributed by atoms with Crippen molar-refractivity contribution in [2.75, 3.05) is 34.0 Å². The van der Waals surface area contributed by atoms with Gasteiger partial charge in [-0.1, -0.05) is 5.16 Å².